The average Bonchev–Trinajstić information content (AvgIpc) is 3.33. The molecule has 1 aliphatic rings. The standard InChI is InChI=1S/C18H23N3OS2/c1-12(11-23-3)17(22)21(10-14-6-7-14)18-13(2)20-16(24-18)15-5-4-8-19-9-15/h4-5,8-9,12,14H,6-7,10-11H2,1-3H3. The van der Waals surface area contributed by atoms with Gasteiger partial charge in [-0.05, 0) is 44.1 Å². The number of hydrogen-bond acceptors (Lipinski definition) is 5. The maximum Gasteiger partial charge on any atom is 0.231 e. The van der Waals surface area contributed by atoms with Gasteiger partial charge in [0.25, 0.3) is 0 Å². The number of carbonyl (C=O) groups is 1. The molecule has 2 aromatic heterocycles. The van der Waals surface area contributed by atoms with Crippen LogP contribution in [0.3, 0.4) is 0 Å². The van der Waals surface area contributed by atoms with Crippen LogP contribution < -0.4 is 4.90 Å². The van der Waals surface area contributed by atoms with Crippen molar-refractivity contribution in [3.63, 3.8) is 0 Å². The Morgan fingerprint density at radius 3 is 2.92 bits per heavy atom. The Hall–Kier alpha value is -1.40. The molecule has 0 spiro atoms. The largest absolute Gasteiger partial charge is 0.302 e. The summed E-state index contributed by atoms with van der Waals surface area (Å²) in [6.07, 6.45) is 8.10. The van der Waals surface area contributed by atoms with Crippen molar-refractivity contribution >= 4 is 34.0 Å². The maximum atomic E-state index is 13.0. The molecule has 0 radical (unpaired) electrons. The van der Waals surface area contributed by atoms with E-state index in [1.54, 1.807) is 29.3 Å². The van der Waals surface area contributed by atoms with E-state index in [0.29, 0.717) is 5.92 Å². The van der Waals surface area contributed by atoms with Crippen LogP contribution in [0.25, 0.3) is 10.6 Å². The average molecular weight is 362 g/mol. The topological polar surface area (TPSA) is 46.1 Å². The quantitative estimate of drug-likeness (QED) is 0.739. The maximum absolute atomic E-state index is 13.0. The minimum absolute atomic E-state index is 0.0297. The number of amides is 1. The first-order valence-electron chi connectivity index (χ1n) is 8.28. The van der Waals surface area contributed by atoms with Gasteiger partial charge < -0.3 is 4.90 Å². The number of hydrogen-bond donors (Lipinski definition) is 0. The highest BCUT2D eigenvalue weighted by atomic mass is 32.2. The first-order chi connectivity index (χ1) is 11.6. The summed E-state index contributed by atoms with van der Waals surface area (Å²) in [6.45, 7) is 4.85. The van der Waals surface area contributed by atoms with Gasteiger partial charge in [0.05, 0.1) is 5.69 Å². The van der Waals surface area contributed by atoms with Gasteiger partial charge in [0, 0.05) is 36.2 Å². The summed E-state index contributed by atoms with van der Waals surface area (Å²) in [7, 11) is 0. The fraction of sp³-hybridized carbons (Fsp3) is 0.500. The Bertz CT molecular complexity index is 698. The predicted octanol–water partition coefficient (Wildman–Crippen LogP) is 4.26. The van der Waals surface area contributed by atoms with Crippen LogP contribution in [0.4, 0.5) is 5.00 Å². The number of thioether (sulfide) groups is 1. The van der Waals surface area contributed by atoms with Crippen molar-refractivity contribution in [2.45, 2.75) is 26.7 Å². The smallest absolute Gasteiger partial charge is 0.231 e. The van der Waals surface area contributed by atoms with Gasteiger partial charge in [0.15, 0.2) is 0 Å². The monoisotopic (exact) mass is 361 g/mol. The Kier molecular flexibility index (Phi) is 5.56. The number of pyridine rings is 1. The third-order valence-electron chi connectivity index (χ3n) is 4.17. The lowest BCUT2D eigenvalue weighted by Crippen LogP contribution is -2.37. The minimum atomic E-state index is 0.0297. The molecule has 0 aromatic carbocycles. The summed E-state index contributed by atoms with van der Waals surface area (Å²) in [5.74, 6) is 1.76. The molecule has 128 valence electrons. The second kappa shape index (κ2) is 7.66. The Morgan fingerprint density at radius 2 is 2.29 bits per heavy atom. The second-order valence-corrected chi connectivity index (χ2v) is 8.29. The van der Waals surface area contributed by atoms with Gasteiger partial charge in [-0.25, -0.2) is 4.98 Å². The molecule has 0 N–H and O–H groups in total. The van der Waals surface area contributed by atoms with E-state index >= 15 is 0 Å². The van der Waals surface area contributed by atoms with Crippen LogP contribution in [0.2, 0.25) is 0 Å². The van der Waals surface area contributed by atoms with Crippen molar-refractivity contribution in [3.05, 3.63) is 30.2 Å². The van der Waals surface area contributed by atoms with Crippen molar-refractivity contribution < 1.29 is 4.79 Å². The molecular formula is C18H23N3OS2. The molecular weight excluding hydrogens is 338 g/mol. The summed E-state index contributed by atoms with van der Waals surface area (Å²) >= 11 is 3.32. The van der Waals surface area contributed by atoms with Crippen molar-refractivity contribution in [2.75, 3.05) is 23.5 Å². The Morgan fingerprint density at radius 1 is 1.50 bits per heavy atom. The number of carbonyl (C=O) groups excluding carboxylic acids is 1. The van der Waals surface area contributed by atoms with E-state index < -0.39 is 0 Å². The lowest BCUT2D eigenvalue weighted by atomic mass is 10.1. The number of anilines is 1. The summed E-state index contributed by atoms with van der Waals surface area (Å²) in [5.41, 5.74) is 1.94. The van der Waals surface area contributed by atoms with Crippen LogP contribution in [-0.2, 0) is 4.79 Å². The van der Waals surface area contributed by atoms with Gasteiger partial charge >= 0.3 is 0 Å². The summed E-state index contributed by atoms with van der Waals surface area (Å²) < 4.78 is 0. The highest BCUT2D eigenvalue weighted by Crippen LogP contribution is 2.38. The molecule has 1 unspecified atom stereocenters. The van der Waals surface area contributed by atoms with Gasteiger partial charge in [0.2, 0.25) is 5.91 Å². The number of aromatic nitrogens is 2. The zero-order valence-corrected chi connectivity index (χ0v) is 16.0. The molecule has 2 aromatic rings. The Labute approximate surface area is 151 Å². The second-order valence-electron chi connectivity index (χ2n) is 6.40. The highest BCUT2D eigenvalue weighted by Gasteiger charge is 2.31. The van der Waals surface area contributed by atoms with Gasteiger partial charge in [-0.1, -0.05) is 18.3 Å². The fourth-order valence-corrected chi connectivity index (χ4v) is 4.39. The third-order valence-corrected chi connectivity index (χ3v) is 6.23. The van der Waals surface area contributed by atoms with Crippen LogP contribution in [0.5, 0.6) is 0 Å². The SMILES string of the molecule is CSCC(C)C(=O)N(CC1CC1)c1sc(-c2cccnc2)nc1C. The first-order valence-corrected chi connectivity index (χ1v) is 10.5. The number of thiazole rings is 1. The van der Waals surface area contributed by atoms with Gasteiger partial charge in [-0.3, -0.25) is 9.78 Å². The highest BCUT2D eigenvalue weighted by molar-refractivity contribution is 7.98. The summed E-state index contributed by atoms with van der Waals surface area (Å²) in [6, 6.07) is 3.93. The molecule has 1 fully saturated rings. The fourth-order valence-electron chi connectivity index (χ4n) is 2.67. The molecule has 0 bridgehead atoms. The molecule has 24 heavy (non-hydrogen) atoms. The normalized spacial score (nSPS) is 15.3. The molecule has 1 amide bonds. The number of aryl methyl sites for hydroxylation is 1. The van der Waals surface area contributed by atoms with E-state index in [0.717, 1.165) is 33.6 Å². The van der Waals surface area contributed by atoms with E-state index in [1.807, 2.05) is 43.3 Å². The van der Waals surface area contributed by atoms with Crippen molar-refractivity contribution in [3.8, 4) is 10.6 Å². The number of rotatable bonds is 7. The molecule has 0 aliphatic heterocycles. The predicted molar refractivity (Wildman–Crippen MR) is 103 cm³/mol. The van der Waals surface area contributed by atoms with Crippen molar-refractivity contribution in [1.82, 2.24) is 9.97 Å². The van der Waals surface area contributed by atoms with Crippen LogP contribution in [0.1, 0.15) is 25.5 Å². The van der Waals surface area contributed by atoms with Gasteiger partial charge in [-0.15, -0.1) is 0 Å². The Balaban J connectivity index is 1.89. The molecule has 1 aliphatic carbocycles. The van der Waals surface area contributed by atoms with Crippen LogP contribution >= 0.6 is 23.1 Å². The lowest BCUT2D eigenvalue weighted by molar-refractivity contribution is -0.121. The van der Waals surface area contributed by atoms with Crippen LogP contribution in [0.15, 0.2) is 24.5 Å². The van der Waals surface area contributed by atoms with Crippen LogP contribution in [0, 0.1) is 18.8 Å². The summed E-state index contributed by atoms with van der Waals surface area (Å²) in [5, 5.41) is 1.93. The first kappa shape index (κ1) is 17.4. The zero-order valence-electron chi connectivity index (χ0n) is 14.4. The molecule has 2 heterocycles. The van der Waals surface area contributed by atoms with Crippen molar-refractivity contribution in [1.29, 1.82) is 0 Å². The molecule has 1 atom stereocenters. The van der Waals surface area contributed by atoms with Crippen molar-refractivity contribution in [2.24, 2.45) is 11.8 Å². The van der Waals surface area contributed by atoms with E-state index in [-0.39, 0.29) is 11.8 Å². The lowest BCUT2D eigenvalue weighted by Gasteiger charge is -2.24. The van der Waals surface area contributed by atoms with E-state index in [4.69, 9.17) is 4.98 Å². The van der Waals surface area contributed by atoms with E-state index in [1.165, 1.54) is 12.8 Å². The molecule has 0 saturated heterocycles. The van der Waals surface area contributed by atoms with Crippen LogP contribution in [-0.4, -0.2) is 34.4 Å². The molecule has 6 heteroatoms. The molecule has 3 rings (SSSR count). The molecule has 4 nitrogen and oxygen atoms in total. The van der Waals surface area contributed by atoms with E-state index in [2.05, 4.69) is 4.98 Å². The molecule has 1 saturated carbocycles. The minimum Gasteiger partial charge on any atom is -0.302 e. The van der Waals surface area contributed by atoms with Gasteiger partial charge in [-0.2, -0.15) is 11.8 Å². The zero-order chi connectivity index (χ0) is 17.1. The number of nitrogens with zero attached hydrogens (tertiary/aromatic N) is 3. The van der Waals surface area contributed by atoms with Gasteiger partial charge in [0.1, 0.15) is 10.0 Å². The van der Waals surface area contributed by atoms with E-state index in [9.17, 15) is 4.79 Å². The summed E-state index contributed by atoms with van der Waals surface area (Å²) in [4.78, 5) is 23.8. The third kappa shape index (κ3) is 3.98.